The minimum Gasteiger partial charge on any atom is -0.369 e. The molecule has 6 heteroatoms. The number of hydrogen-bond donors (Lipinski definition) is 1. The van der Waals surface area contributed by atoms with Gasteiger partial charge < -0.3 is 10.6 Å². The van der Waals surface area contributed by atoms with E-state index in [1.807, 2.05) is 54.8 Å². The minimum atomic E-state index is 0.401. The Balaban J connectivity index is 2.31. The molecule has 0 atom stereocenters. The van der Waals surface area contributed by atoms with Crippen LogP contribution >= 0.6 is 35.1 Å². The van der Waals surface area contributed by atoms with Gasteiger partial charge >= 0.3 is 0 Å². The molecule has 3 nitrogen and oxygen atoms in total. The average molecular weight is 351 g/mol. The Labute approximate surface area is 144 Å². The zero-order chi connectivity index (χ0) is 16.1. The lowest BCUT2D eigenvalue weighted by molar-refractivity contribution is 1.20. The third-order valence-electron chi connectivity index (χ3n) is 3.17. The molecule has 0 fully saturated rings. The molecule has 0 saturated heterocycles. The van der Waals surface area contributed by atoms with E-state index in [-0.39, 0.29) is 0 Å². The molecule has 22 heavy (non-hydrogen) atoms. The SMILES string of the molecule is CSc1cccc(N(C)C(N)=Nc2cc(S[11CH3])ccc2Cl)c1. The summed E-state index contributed by atoms with van der Waals surface area (Å²) in [6, 6.07) is 13.9. The van der Waals surface area contributed by atoms with Crippen molar-refractivity contribution in [3.8, 4) is 0 Å². The molecule has 0 heterocycles. The largest absolute Gasteiger partial charge is 0.369 e. The van der Waals surface area contributed by atoms with Crippen molar-refractivity contribution in [3.63, 3.8) is 0 Å². The Morgan fingerprint density at radius 3 is 2.45 bits per heavy atom. The summed E-state index contributed by atoms with van der Waals surface area (Å²) in [7, 11) is 1.89. The number of thioether (sulfide) groups is 2. The van der Waals surface area contributed by atoms with Crippen molar-refractivity contribution in [1.82, 2.24) is 0 Å². The van der Waals surface area contributed by atoms with Gasteiger partial charge in [-0.15, -0.1) is 23.5 Å². The Morgan fingerprint density at radius 1 is 1.09 bits per heavy atom. The second-order valence-corrected chi connectivity index (χ2v) is 6.71. The van der Waals surface area contributed by atoms with Gasteiger partial charge in [0.25, 0.3) is 0 Å². The average Bonchev–Trinajstić information content (AvgIpc) is 2.56. The summed E-state index contributed by atoms with van der Waals surface area (Å²) in [4.78, 5) is 8.60. The quantitative estimate of drug-likeness (QED) is 0.485. The van der Waals surface area contributed by atoms with E-state index in [1.54, 1.807) is 23.5 Å². The summed E-state index contributed by atoms with van der Waals surface area (Å²) in [6.45, 7) is 0. The molecule has 0 bridgehead atoms. The topological polar surface area (TPSA) is 41.6 Å². The molecule has 116 valence electrons. The normalized spacial score (nSPS) is 11.5. The maximum absolute atomic E-state index is 6.20. The molecule has 0 spiro atoms. The summed E-state index contributed by atoms with van der Waals surface area (Å²) in [6.07, 6.45) is 4.06. The molecule has 0 aliphatic heterocycles. The number of halogens is 1. The lowest BCUT2D eigenvalue weighted by Gasteiger charge is -2.19. The van der Waals surface area contributed by atoms with Crippen LogP contribution < -0.4 is 10.6 Å². The van der Waals surface area contributed by atoms with Gasteiger partial charge in [-0.05, 0) is 48.9 Å². The lowest BCUT2D eigenvalue weighted by atomic mass is 10.3. The van der Waals surface area contributed by atoms with Crippen LogP contribution in [0.4, 0.5) is 11.4 Å². The van der Waals surface area contributed by atoms with Gasteiger partial charge in [-0.3, -0.25) is 0 Å². The van der Waals surface area contributed by atoms with E-state index in [0.717, 1.165) is 10.6 Å². The fourth-order valence-corrected chi connectivity index (χ4v) is 2.90. The minimum absolute atomic E-state index is 0.401. The molecule has 0 radical (unpaired) electrons. The number of anilines is 1. The number of rotatable bonds is 4. The number of benzene rings is 2. The molecule has 2 N–H and O–H groups in total. The van der Waals surface area contributed by atoms with Crippen molar-refractivity contribution in [2.24, 2.45) is 10.7 Å². The van der Waals surface area contributed by atoms with Crippen LogP contribution in [0, 0.1) is 0 Å². The van der Waals surface area contributed by atoms with Crippen LogP contribution in [0.25, 0.3) is 0 Å². The summed E-state index contributed by atoms with van der Waals surface area (Å²) >= 11 is 9.54. The number of guanidine groups is 1. The Bertz CT molecular complexity index is 689. The van der Waals surface area contributed by atoms with Crippen molar-refractivity contribution in [3.05, 3.63) is 47.5 Å². The van der Waals surface area contributed by atoms with Crippen molar-refractivity contribution < 1.29 is 0 Å². The third-order valence-corrected chi connectivity index (χ3v) is 4.94. The first kappa shape index (κ1) is 17.1. The van der Waals surface area contributed by atoms with E-state index >= 15 is 0 Å². The standard InChI is InChI=1S/C16H18ClN3S2/c1-20(11-5-4-6-12(9-11)21-2)16(18)19-15-10-13(22-3)7-8-14(15)17/h4-10H,1-3H3,(H2,18,19)/i3-1. The number of aliphatic imine (C=N–C) groups is 1. The van der Waals surface area contributed by atoms with Crippen molar-refractivity contribution in [1.29, 1.82) is 0 Å². The van der Waals surface area contributed by atoms with E-state index < -0.39 is 0 Å². The van der Waals surface area contributed by atoms with E-state index in [2.05, 4.69) is 17.1 Å². The van der Waals surface area contributed by atoms with Crippen LogP contribution in [-0.4, -0.2) is 25.5 Å². The Morgan fingerprint density at radius 2 is 1.77 bits per heavy atom. The van der Waals surface area contributed by atoms with Gasteiger partial charge in [0.05, 0.1) is 10.7 Å². The van der Waals surface area contributed by atoms with Crippen molar-refractivity contribution >= 4 is 52.5 Å². The predicted octanol–water partition coefficient (Wildman–Crippen LogP) is 4.87. The maximum atomic E-state index is 6.20. The van der Waals surface area contributed by atoms with Crippen molar-refractivity contribution in [2.75, 3.05) is 24.5 Å². The maximum Gasteiger partial charge on any atom is 0.200 e. The molecular weight excluding hydrogens is 333 g/mol. The monoisotopic (exact) mass is 350 g/mol. The molecular formula is C16H18ClN3S2. The molecule has 2 rings (SSSR count). The highest BCUT2D eigenvalue weighted by molar-refractivity contribution is 7.98. The fraction of sp³-hybridized carbons (Fsp3) is 0.188. The van der Waals surface area contributed by atoms with Crippen LogP contribution in [0.2, 0.25) is 5.02 Å². The first-order chi connectivity index (χ1) is 10.5. The molecule has 2 aromatic carbocycles. The number of nitrogens with two attached hydrogens (primary N) is 1. The van der Waals surface area contributed by atoms with Gasteiger partial charge in [0.15, 0.2) is 0 Å². The van der Waals surface area contributed by atoms with Crippen LogP contribution in [0.1, 0.15) is 0 Å². The first-order valence-corrected chi connectivity index (χ1v) is 9.43. The Hall–Kier alpha value is -1.30. The molecule has 0 aliphatic rings. The van der Waals surface area contributed by atoms with E-state index in [9.17, 15) is 0 Å². The number of hydrogen-bond acceptors (Lipinski definition) is 3. The third kappa shape index (κ3) is 4.12. The van der Waals surface area contributed by atoms with Crippen molar-refractivity contribution in [2.45, 2.75) is 9.79 Å². The van der Waals surface area contributed by atoms with Crippen LogP contribution in [0.15, 0.2) is 57.2 Å². The van der Waals surface area contributed by atoms with Gasteiger partial charge in [0, 0.05) is 22.5 Å². The summed E-state index contributed by atoms with van der Waals surface area (Å²) < 4.78 is 0. The second kappa shape index (κ2) is 7.81. The molecule has 0 aromatic heterocycles. The molecule has 0 saturated carbocycles. The highest BCUT2D eigenvalue weighted by atomic mass is 35.5. The van der Waals surface area contributed by atoms with Gasteiger partial charge in [0.2, 0.25) is 5.96 Å². The van der Waals surface area contributed by atoms with E-state index in [4.69, 9.17) is 17.3 Å². The smallest absolute Gasteiger partial charge is 0.200 e. The highest BCUT2D eigenvalue weighted by Crippen LogP contribution is 2.30. The van der Waals surface area contributed by atoms with Crippen LogP contribution in [0.5, 0.6) is 0 Å². The molecule has 0 amide bonds. The summed E-state index contributed by atoms with van der Waals surface area (Å²) in [5.41, 5.74) is 7.81. The fourth-order valence-electron chi connectivity index (χ4n) is 1.85. The Kier molecular flexibility index (Phi) is 6.06. The van der Waals surface area contributed by atoms with Gasteiger partial charge in [0.1, 0.15) is 0 Å². The van der Waals surface area contributed by atoms with Gasteiger partial charge in [-0.25, -0.2) is 4.99 Å². The zero-order valence-corrected chi connectivity index (χ0v) is 15.1. The van der Waals surface area contributed by atoms with Crippen LogP contribution in [-0.2, 0) is 0 Å². The van der Waals surface area contributed by atoms with Crippen LogP contribution in [0.3, 0.4) is 0 Å². The van der Waals surface area contributed by atoms with Gasteiger partial charge in [-0.1, -0.05) is 17.7 Å². The van der Waals surface area contributed by atoms with E-state index in [0.29, 0.717) is 16.7 Å². The molecule has 0 aliphatic carbocycles. The molecule has 2 aromatic rings. The first-order valence-electron chi connectivity index (χ1n) is 6.60. The zero-order valence-electron chi connectivity index (χ0n) is 12.7. The van der Waals surface area contributed by atoms with Gasteiger partial charge in [-0.2, -0.15) is 0 Å². The lowest BCUT2D eigenvalue weighted by Crippen LogP contribution is -2.33. The molecule has 0 unspecified atom stereocenters. The summed E-state index contributed by atoms with van der Waals surface area (Å²) in [5, 5.41) is 0.590. The summed E-state index contributed by atoms with van der Waals surface area (Å²) in [5.74, 6) is 0.401. The van der Waals surface area contributed by atoms with E-state index in [1.165, 1.54) is 4.90 Å². The second-order valence-electron chi connectivity index (χ2n) is 4.55. The predicted molar refractivity (Wildman–Crippen MR) is 101 cm³/mol. The number of nitrogens with zero attached hydrogens (tertiary/aromatic N) is 2. The highest BCUT2D eigenvalue weighted by Gasteiger charge is 2.08.